The predicted molar refractivity (Wildman–Crippen MR) is 74.2 cm³/mol. The third-order valence-corrected chi connectivity index (χ3v) is 2.89. The van der Waals surface area contributed by atoms with Crippen LogP contribution in [0.25, 0.3) is 0 Å². The van der Waals surface area contributed by atoms with Crippen LogP contribution in [-0.4, -0.2) is 24.0 Å². The van der Waals surface area contributed by atoms with Crippen LogP contribution in [0, 0.1) is 0 Å². The molecular formula is C13H11BrN2O3. The number of aromatic nitrogens is 1. The number of amides is 1. The van der Waals surface area contributed by atoms with Gasteiger partial charge in [-0.05, 0) is 40.2 Å². The van der Waals surface area contributed by atoms with Gasteiger partial charge in [-0.1, -0.05) is 6.07 Å². The number of aromatic amines is 1. The van der Waals surface area contributed by atoms with E-state index in [2.05, 4.69) is 31.0 Å². The van der Waals surface area contributed by atoms with Crippen LogP contribution >= 0.6 is 15.9 Å². The predicted octanol–water partition coefficient (Wildman–Crippen LogP) is 2.82. The number of halogens is 1. The summed E-state index contributed by atoms with van der Waals surface area (Å²) >= 11 is 3.25. The van der Waals surface area contributed by atoms with Crippen molar-refractivity contribution in [3.63, 3.8) is 0 Å². The second-order valence-corrected chi connectivity index (χ2v) is 4.67. The highest BCUT2D eigenvalue weighted by molar-refractivity contribution is 9.10. The van der Waals surface area contributed by atoms with Gasteiger partial charge in [0.15, 0.2) is 0 Å². The van der Waals surface area contributed by atoms with Crippen LogP contribution < -0.4 is 5.32 Å². The Morgan fingerprint density at radius 1 is 1.32 bits per heavy atom. The minimum absolute atomic E-state index is 0.285. The van der Waals surface area contributed by atoms with Crippen LogP contribution in [0.2, 0.25) is 0 Å². The van der Waals surface area contributed by atoms with Gasteiger partial charge in [-0.15, -0.1) is 0 Å². The molecule has 0 aliphatic carbocycles. The lowest BCUT2D eigenvalue weighted by Gasteiger charge is -2.05. The van der Waals surface area contributed by atoms with Gasteiger partial charge < -0.3 is 15.0 Å². The highest BCUT2D eigenvalue weighted by Gasteiger charge is 2.10. The smallest absolute Gasteiger partial charge is 0.337 e. The van der Waals surface area contributed by atoms with E-state index in [1.807, 2.05) is 0 Å². The van der Waals surface area contributed by atoms with Gasteiger partial charge in [0.05, 0.1) is 12.7 Å². The summed E-state index contributed by atoms with van der Waals surface area (Å²) in [5, 5.41) is 2.69. The molecule has 98 valence electrons. The maximum atomic E-state index is 11.9. The first-order valence-corrected chi connectivity index (χ1v) is 6.23. The molecule has 0 saturated carbocycles. The molecule has 0 spiro atoms. The van der Waals surface area contributed by atoms with E-state index in [4.69, 9.17) is 0 Å². The molecule has 19 heavy (non-hydrogen) atoms. The standard InChI is InChI=1S/C13H11BrN2O3/c1-19-13(18)8-3-2-4-10(5-8)16-12(17)11-6-9(14)7-15-11/h2-7,15H,1H3,(H,16,17). The number of methoxy groups -OCH3 is 1. The molecule has 5 nitrogen and oxygen atoms in total. The van der Waals surface area contributed by atoms with E-state index < -0.39 is 5.97 Å². The van der Waals surface area contributed by atoms with Gasteiger partial charge in [0.2, 0.25) is 0 Å². The zero-order valence-corrected chi connectivity index (χ0v) is 11.7. The minimum Gasteiger partial charge on any atom is -0.465 e. The fraction of sp³-hybridized carbons (Fsp3) is 0.0769. The van der Waals surface area contributed by atoms with E-state index in [0.29, 0.717) is 16.9 Å². The molecule has 0 aliphatic heterocycles. The molecule has 0 unspecified atom stereocenters. The van der Waals surface area contributed by atoms with Crippen molar-refractivity contribution in [3.05, 3.63) is 52.3 Å². The molecule has 1 aromatic heterocycles. The number of rotatable bonds is 3. The number of esters is 1. The van der Waals surface area contributed by atoms with Crippen molar-refractivity contribution < 1.29 is 14.3 Å². The maximum absolute atomic E-state index is 11.9. The number of carbonyl (C=O) groups is 2. The van der Waals surface area contributed by atoms with Crippen molar-refractivity contribution in [1.29, 1.82) is 0 Å². The largest absolute Gasteiger partial charge is 0.465 e. The summed E-state index contributed by atoms with van der Waals surface area (Å²) in [6.07, 6.45) is 1.67. The first-order valence-electron chi connectivity index (χ1n) is 5.44. The highest BCUT2D eigenvalue weighted by Crippen LogP contribution is 2.15. The average molecular weight is 323 g/mol. The Kier molecular flexibility index (Phi) is 4.01. The van der Waals surface area contributed by atoms with Gasteiger partial charge in [-0.2, -0.15) is 0 Å². The maximum Gasteiger partial charge on any atom is 0.337 e. The van der Waals surface area contributed by atoms with Crippen LogP contribution in [0.5, 0.6) is 0 Å². The summed E-state index contributed by atoms with van der Waals surface area (Å²) in [4.78, 5) is 26.1. The van der Waals surface area contributed by atoms with Crippen molar-refractivity contribution in [2.24, 2.45) is 0 Å². The zero-order valence-electron chi connectivity index (χ0n) is 10.1. The molecule has 0 radical (unpaired) electrons. The third kappa shape index (κ3) is 3.23. The zero-order chi connectivity index (χ0) is 13.8. The van der Waals surface area contributed by atoms with Crippen molar-refractivity contribution in [3.8, 4) is 0 Å². The number of nitrogens with one attached hydrogen (secondary N) is 2. The fourth-order valence-electron chi connectivity index (χ4n) is 1.54. The Bertz CT molecular complexity index is 622. The first kappa shape index (κ1) is 13.4. The van der Waals surface area contributed by atoms with Crippen LogP contribution in [0.4, 0.5) is 5.69 Å². The summed E-state index contributed by atoms with van der Waals surface area (Å²) in [6.45, 7) is 0. The lowest BCUT2D eigenvalue weighted by atomic mass is 10.2. The molecule has 0 atom stereocenters. The summed E-state index contributed by atoms with van der Waals surface area (Å²) in [5.41, 5.74) is 1.34. The Hall–Kier alpha value is -2.08. The van der Waals surface area contributed by atoms with E-state index in [0.717, 1.165) is 4.47 Å². The summed E-state index contributed by atoms with van der Waals surface area (Å²) in [7, 11) is 1.31. The third-order valence-electron chi connectivity index (χ3n) is 2.43. The molecule has 0 saturated heterocycles. The Balaban J connectivity index is 2.15. The minimum atomic E-state index is -0.446. The second-order valence-electron chi connectivity index (χ2n) is 3.76. The molecule has 1 heterocycles. The number of benzene rings is 1. The van der Waals surface area contributed by atoms with Crippen LogP contribution in [0.1, 0.15) is 20.8 Å². The highest BCUT2D eigenvalue weighted by atomic mass is 79.9. The number of anilines is 1. The molecule has 2 aromatic rings. The molecule has 0 bridgehead atoms. The topological polar surface area (TPSA) is 71.2 Å². The molecule has 6 heteroatoms. The summed E-state index contributed by atoms with van der Waals surface area (Å²) in [5.74, 6) is -0.730. The molecule has 2 rings (SSSR count). The van der Waals surface area contributed by atoms with Gasteiger partial charge >= 0.3 is 5.97 Å². The summed E-state index contributed by atoms with van der Waals surface area (Å²) < 4.78 is 5.41. The van der Waals surface area contributed by atoms with Gasteiger partial charge in [-0.25, -0.2) is 4.79 Å². The van der Waals surface area contributed by atoms with Crippen molar-refractivity contribution in [1.82, 2.24) is 4.98 Å². The van der Waals surface area contributed by atoms with Crippen LogP contribution in [0.15, 0.2) is 41.0 Å². The molecule has 0 aliphatic rings. The van der Waals surface area contributed by atoms with E-state index in [9.17, 15) is 9.59 Å². The summed E-state index contributed by atoms with van der Waals surface area (Å²) in [6, 6.07) is 8.21. The Morgan fingerprint density at radius 3 is 2.74 bits per heavy atom. The van der Waals surface area contributed by atoms with E-state index in [-0.39, 0.29) is 5.91 Å². The molecule has 1 amide bonds. The lowest BCUT2D eigenvalue weighted by Crippen LogP contribution is -2.12. The van der Waals surface area contributed by atoms with Crippen molar-refractivity contribution in [2.75, 3.05) is 12.4 Å². The molecular weight excluding hydrogens is 312 g/mol. The second kappa shape index (κ2) is 5.71. The number of H-pyrrole nitrogens is 1. The monoisotopic (exact) mass is 322 g/mol. The first-order chi connectivity index (χ1) is 9.10. The number of carbonyl (C=O) groups excluding carboxylic acids is 2. The van der Waals surface area contributed by atoms with Gasteiger partial charge in [0.25, 0.3) is 5.91 Å². The van der Waals surface area contributed by atoms with Crippen LogP contribution in [-0.2, 0) is 4.74 Å². The number of ether oxygens (including phenoxy) is 1. The Morgan fingerprint density at radius 2 is 2.11 bits per heavy atom. The fourth-order valence-corrected chi connectivity index (χ4v) is 1.88. The normalized spacial score (nSPS) is 10.0. The van der Waals surface area contributed by atoms with Crippen molar-refractivity contribution in [2.45, 2.75) is 0 Å². The number of hydrogen-bond donors (Lipinski definition) is 2. The Labute approximate surface area is 118 Å². The van der Waals surface area contributed by atoms with E-state index in [1.165, 1.54) is 7.11 Å². The quantitative estimate of drug-likeness (QED) is 0.853. The average Bonchev–Trinajstić information content (AvgIpc) is 2.85. The SMILES string of the molecule is COC(=O)c1cccc(NC(=O)c2cc(Br)c[nH]2)c1. The van der Waals surface area contributed by atoms with Gasteiger partial charge in [-0.3, -0.25) is 4.79 Å². The van der Waals surface area contributed by atoms with Gasteiger partial charge in [0.1, 0.15) is 5.69 Å². The lowest BCUT2D eigenvalue weighted by molar-refractivity contribution is 0.0600. The van der Waals surface area contributed by atoms with Crippen molar-refractivity contribution >= 4 is 33.5 Å². The molecule has 1 aromatic carbocycles. The van der Waals surface area contributed by atoms with E-state index in [1.54, 1.807) is 36.5 Å². The molecule has 2 N–H and O–H groups in total. The number of hydrogen-bond acceptors (Lipinski definition) is 3. The van der Waals surface area contributed by atoms with Crippen LogP contribution in [0.3, 0.4) is 0 Å². The molecule has 0 fully saturated rings. The van der Waals surface area contributed by atoms with E-state index >= 15 is 0 Å². The van der Waals surface area contributed by atoms with Gasteiger partial charge in [0, 0.05) is 16.4 Å².